The van der Waals surface area contributed by atoms with Crippen molar-refractivity contribution in [2.45, 2.75) is 39.0 Å². The fourth-order valence-electron chi connectivity index (χ4n) is 0.903. The van der Waals surface area contributed by atoms with Crippen LogP contribution < -0.4 is 103 Å². The Bertz CT molecular complexity index is 113. The minimum atomic E-state index is -4.98. The van der Waals surface area contributed by atoms with Crippen LogP contribution in [0, 0.1) is 0 Å². The van der Waals surface area contributed by atoms with Gasteiger partial charge in [0.2, 0.25) is 0 Å². The minimum Gasteiger partial charge on any atom is -0.861 e. The summed E-state index contributed by atoms with van der Waals surface area (Å²) in [4.78, 5) is 30.0. The van der Waals surface area contributed by atoms with Crippen LogP contribution in [0.2, 0.25) is 0 Å². The van der Waals surface area contributed by atoms with Crippen molar-refractivity contribution in [1.29, 1.82) is 0 Å². The van der Waals surface area contributed by atoms with Crippen molar-refractivity contribution in [2.24, 2.45) is 0 Å². The molecule has 0 rings (SSSR count). The molecule has 15 heavy (non-hydrogen) atoms. The standard InChI is InChI=1S/C7H15O4Si.3Na/c1-2-3-4-5-6-7-11-12(8,9)10;;;/h2-7H2,1H3;;;/q-3;3*+1. The topological polar surface area (TPSA) is 78.4 Å². The van der Waals surface area contributed by atoms with Crippen molar-refractivity contribution >= 4 is 9.05 Å². The zero-order valence-electron chi connectivity index (χ0n) is 10.4. The Morgan fingerprint density at radius 1 is 0.867 bits per heavy atom. The zero-order valence-corrected chi connectivity index (χ0v) is 17.4. The van der Waals surface area contributed by atoms with Gasteiger partial charge in [0, 0.05) is 6.61 Å². The molecular weight excluding hydrogens is 245 g/mol. The smallest absolute Gasteiger partial charge is 0.861 e. The predicted octanol–water partition coefficient (Wildman–Crippen LogP) is -10.5. The summed E-state index contributed by atoms with van der Waals surface area (Å²) in [6.45, 7) is 2.15. The summed E-state index contributed by atoms with van der Waals surface area (Å²) >= 11 is 0. The number of hydrogen-bond donors (Lipinski definition) is 0. The predicted molar refractivity (Wildman–Crippen MR) is 40.5 cm³/mol. The van der Waals surface area contributed by atoms with E-state index in [1.807, 2.05) is 0 Å². The van der Waals surface area contributed by atoms with Gasteiger partial charge in [-0.3, -0.25) is 0 Å². The maximum atomic E-state index is 10.00. The third-order valence-electron chi connectivity index (χ3n) is 1.53. The van der Waals surface area contributed by atoms with E-state index < -0.39 is 9.05 Å². The van der Waals surface area contributed by atoms with Gasteiger partial charge in [-0.25, -0.2) is 0 Å². The van der Waals surface area contributed by atoms with Gasteiger partial charge >= 0.3 is 88.7 Å². The van der Waals surface area contributed by atoms with E-state index in [-0.39, 0.29) is 95.3 Å². The van der Waals surface area contributed by atoms with E-state index in [2.05, 4.69) is 11.3 Å². The summed E-state index contributed by atoms with van der Waals surface area (Å²) in [6, 6.07) is 0. The molecule has 0 amide bonds. The van der Waals surface area contributed by atoms with Crippen LogP contribution in [0.15, 0.2) is 0 Å². The molecule has 0 aliphatic carbocycles. The van der Waals surface area contributed by atoms with Crippen molar-refractivity contribution in [1.82, 2.24) is 0 Å². The molecule has 0 aliphatic rings. The van der Waals surface area contributed by atoms with Gasteiger partial charge in [0.15, 0.2) is 0 Å². The van der Waals surface area contributed by atoms with E-state index in [1.165, 1.54) is 0 Å². The van der Waals surface area contributed by atoms with Gasteiger partial charge in [-0.1, -0.05) is 32.6 Å². The van der Waals surface area contributed by atoms with E-state index in [9.17, 15) is 14.4 Å². The Morgan fingerprint density at radius 3 is 1.73 bits per heavy atom. The molecule has 4 nitrogen and oxygen atoms in total. The number of rotatable bonds is 7. The fraction of sp³-hybridized carbons (Fsp3) is 1.00. The van der Waals surface area contributed by atoms with Crippen molar-refractivity contribution in [3.05, 3.63) is 0 Å². The maximum Gasteiger partial charge on any atom is 1.00 e. The maximum absolute atomic E-state index is 10.00. The van der Waals surface area contributed by atoms with Crippen LogP contribution in [0.4, 0.5) is 0 Å². The largest absolute Gasteiger partial charge is 1.00 e. The number of hydrogen-bond acceptors (Lipinski definition) is 4. The second-order valence-electron chi connectivity index (χ2n) is 2.76. The first-order chi connectivity index (χ1) is 5.56. The van der Waals surface area contributed by atoms with Gasteiger partial charge in [-0.15, -0.1) is 9.05 Å². The Labute approximate surface area is 160 Å². The van der Waals surface area contributed by atoms with Crippen LogP contribution in [0.5, 0.6) is 0 Å². The molecule has 8 heteroatoms. The van der Waals surface area contributed by atoms with Crippen LogP contribution in [-0.4, -0.2) is 15.7 Å². The second kappa shape index (κ2) is 17.1. The molecule has 0 aromatic rings. The van der Waals surface area contributed by atoms with Gasteiger partial charge in [0.1, 0.15) is 0 Å². The average molecular weight is 260 g/mol. The summed E-state index contributed by atoms with van der Waals surface area (Å²) < 4.78 is 4.08. The van der Waals surface area contributed by atoms with Gasteiger partial charge in [0.05, 0.1) is 0 Å². The third kappa shape index (κ3) is 26.6. The van der Waals surface area contributed by atoms with E-state index >= 15 is 0 Å². The average Bonchev–Trinajstić information content (AvgIpc) is 1.94. The first kappa shape index (κ1) is 26.6. The molecule has 0 bridgehead atoms. The Hall–Kier alpha value is 3.06. The summed E-state index contributed by atoms with van der Waals surface area (Å²) in [5.41, 5.74) is 0. The molecule has 0 unspecified atom stereocenters. The van der Waals surface area contributed by atoms with Crippen LogP contribution in [-0.2, 0) is 4.43 Å². The van der Waals surface area contributed by atoms with E-state index in [0.717, 1.165) is 25.7 Å². The van der Waals surface area contributed by atoms with E-state index in [0.29, 0.717) is 6.42 Å². The molecule has 0 saturated carbocycles. The molecule has 0 aliphatic heterocycles. The van der Waals surface area contributed by atoms with Gasteiger partial charge < -0.3 is 18.8 Å². The van der Waals surface area contributed by atoms with Crippen LogP contribution in [0.3, 0.4) is 0 Å². The van der Waals surface area contributed by atoms with Crippen molar-refractivity contribution in [3.63, 3.8) is 0 Å². The summed E-state index contributed by atoms with van der Waals surface area (Å²) in [5.74, 6) is 0. The molecule has 0 atom stereocenters. The van der Waals surface area contributed by atoms with E-state index in [4.69, 9.17) is 0 Å². The normalized spacial score (nSPS) is 9.60. The monoisotopic (exact) mass is 260 g/mol. The molecular formula is C7H15Na3O4Si. The minimum absolute atomic E-state index is 0. The first-order valence-electron chi connectivity index (χ1n) is 4.31. The van der Waals surface area contributed by atoms with Crippen molar-refractivity contribution in [3.8, 4) is 0 Å². The Balaban J connectivity index is -0.000000202. The number of unbranched alkanes of at least 4 members (excludes halogenated alkanes) is 4. The quantitative estimate of drug-likeness (QED) is 0.336. The van der Waals surface area contributed by atoms with Gasteiger partial charge in [0.25, 0.3) is 0 Å². The molecule has 0 aromatic heterocycles. The molecule has 0 heterocycles. The third-order valence-corrected chi connectivity index (χ3v) is 2.08. The fourth-order valence-corrected chi connectivity index (χ4v) is 1.30. The molecule has 0 aromatic carbocycles. The van der Waals surface area contributed by atoms with Crippen LogP contribution >= 0.6 is 0 Å². The molecule has 0 spiro atoms. The Morgan fingerprint density at radius 2 is 1.33 bits per heavy atom. The summed E-state index contributed by atoms with van der Waals surface area (Å²) in [6.07, 6.45) is 4.95. The molecule has 0 fully saturated rings. The van der Waals surface area contributed by atoms with Gasteiger partial charge in [-0.05, 0) is 6.42 Å². The van der Waals surface area contributed by atoms with E-state index in [1.54, 1.807) is 0 Å². The van der Waals surface area contributed by atoms with Crippen LogP contribution in [0.1, 0.15) is 39.0 Å². The first-order valence-corrected chi connectivity index (χ1v) is 5.95. The molecule has 74 valence electrons. The molecule has 0 N–H and O–H groups in total. The summed E-state index contributed by atoms with van der Waals surface area (Å²) in [7, 11) is -4.98. The van der Waals surface area contributed by atoms with Crippen molar-refractivity contribution < 1.29 is 107 Å². The zero-order chi connectivity index (χ0) is 9.45. The van der Waals surface area contributed by atoms with Gasteiger partial charge in [-0.2, -0.15) is 0 Å². The Kier molecular flexibility index (Phi) is 30.2. The molecule has 0 radical (unpaired) electrons. The summed E-state index contributed by atoms with van der Waals surface area (Å²) in [5, 5.41) is 0. The van der Waals surface area contributed by atoms with Crippen LogP contribution in [0.25, 0.3) is 0 Å². The second-order valence-corrected chi connectivity index (χ2v) is 4.05. The molecule has 0 saturated heterocycles. The SMILES string of the molecule is CCCCCCCO[Si]([O-])([O-])[O-].[Na+].[Na+].[Na+]. The van der Waals surface area contributed by atoms with Crippen molar-refractivity contribution in [2.75, 3.05) is 6.61 Å².